The molecule has 0 N–H and O–H groups in total. The van der Waals surface area contributed by atoms with Gasteiger partial charge in [-0.15, -0.1) is 0 Å². The smallest absolute Gasteiger partial charge is 0.164 e. The first-order valence-corrected chi connectivity index (χ1v) is 18.0. The van der Waals surface area contributed by atoms with Crippen molar-refractivity contribution in [1.29, 1.82) is 0 Å². The molecule has 0 aliphatic heterocycles. The van der Waals surface area contributed by atoms with E-state index in [4.69, 9.17) is 15.0 Å². The fourth-order valence-corrected chi connectivity index (χ4v) is 10.6. The lowest BCUT2D eigenvalue weighted by molar-refractivity contribution is -0.0399. The van der Waals surface area contributed by atoms with Gasteiger partial charge in [0.25, 0.3) is 0 Å². The van der Waals surface area contributed by atoms with Crippen molar-refractivity contribution in [2.24, 2.45) is 23.7 Å². The largest absolute Gasteiger partial charge is 0.208 e. The molecule has 0 saturated heterocycles. The fourth-order valence-electron chi connectivity index (χ4n) is 10.6. The maximum atomic E-state index is 5.19. The zero-order valence-electron chi connectivity index (χ0n) is 28.1. The third-order valence-corrected chi connectivity index (χ3v) is 12.5. The van der Waals surface area contributed by atoms with E-state index in [1.807, 2.05) is 6.07 Å². The number of nitrogens with zero attached hydrogens (tertiary/aromatic N) is 3. The van der Waals surface area contributed by atoms with Crippen molar-refractivity contribution < 1.29 is 0 Å². The Morgan fingerprint density at radius 3 is 1.77 bits per heavy atom. The summed E-state index contributed by atoms with van der Waals surface area (Å²) >= 11 is 0. The molecule has 0 atom stereocenters. The molecule has 4 fully saturated rings. The number of benzene rings is 5. The summed E-state index contributed by atoms with van der Waals surface area (Å²) in [4.78, 5) is 15.4. The zero-order valence-corrected chi connectivity index (χ0v) is 28.1. The first-order valence-electron chi connectivity index (χ1n) is 18.0. The van der Waals surface area contributed by atoms with Crippen LogP contribution in [0.1, 0.15) is 69.6 Å². The first-order chi connectivity index (χ1) is 23.4. The van der Waals surface area contributed by atoms with Crippen LogP contribution < -0.4 is 0 Å². The minimum absolute atomic E-state index is 0.0808. The van der Waals surface area contributed by atoms with E-state index in [1.165, 1.54) is 59.6 Å². The van der Waals surface area contributed by atoms with Crippen LogP contribution in [0.15, 0.2) is 109 Å². The molecule has 5 aliphatic rings. The van der Waals surface area contributed by atoms with Crippen LogP contribution in [0.3, 0.4) is 0 Å². The van der Waals surface area contributed by atoms with Crippen LogP contribution in [0.2, 0.25) is 0 Å². The second-order valence-electron chi connectivity index (χ2n) is 16.1. The molecule has 0 amide bonds. The topological polar surface area (TPSA) is 38.7 Å². The highest BCUT2D eigenvalue weighted by Crippen LogP contribution is 2.70. The van der Waals surface area contributed by atoms with Crippen molar-refractivity contribution >= 4 is 10.8 Å². The van der Waals surface area contributed by atoms with Crippen LogP contribution in [0.25, 0.3) is 56.1 Å². The number of rotatable bonds is 3. The average molecular weight is 624 g/mol. The van der Waals surface area contributed by atoms with Crippen molar-refractivity contribution in [2.45, 2.75) is 63.7 Å². The molecule has 3 nitrogen and oxygen atoms in total. The van der Waals surface area contributed by atoms with Gasteiger partial charge in [-0.25, -0.2) is 15.0 Å². The van der Waals surface area contributed by atoms with E-state index < -0.39 is 0 Å². The fraction of sp³-hybridized carbons (Fsp3) is 0.311. The SMILES string of the molecule is CC(C)(C)c1ccc(-c2nc(-c3ccccc3)nc(-c3ccc4c(c3)-c3c(ccc5ccccc35)C43C4CC5CC(C4)CC3C5)n2)cc1. The van der Waals surface area contributed by atoms with Crippen molar-refractivity contribution in [3.05, 3.63) is 126 Å². The molecule has 0 radical (unpaired) electrons. The lowest BCUT2D eigenvalue weighted by atomic mass is 9.43. The van der Waals surface area contributed by atoms with E-state index in [9.17, 15) is 0 Å². The predicted molar refractivity (Wildman–Crippen MR) is 196 cm³/mol. The van der Waals surface area contributed by atoms with E-state index in [0.29, 0.717) is 11.6 Å². The Morgan fingerprint density at radius 1 is 0.542 bits per heavy atom. The molecule has 236 valence electrons. The van der Waals surface area contributed by atoms with Crippen molar-refractivity contribution in [3.8, 4) is 45.3 Å². The molecular weight excluding hydrogens is 583 g/mol. The number of fused-ring (bicyclic) bond motifs is 5. The molecule has 1 spiro atoms. The van der Waals surface area contributed by atoms with E-state index >= 15 is 0 Å². The predicted octanol–water partition coefficient (Wildman–Crippen LogP) is 11.0. The molecule has 5 aromatic carbocycles. The number of hydrogen-bond donors (Lipinski definition) is 0. The molecular formula is C45H41N3. The van der Waals surface area contributed by atoms with Crippen LogP contribution in [0.5, 0.6) is 0 Å². The summed E-state index contributed by atoms with van der Waals surface area (Å²) in [6, 6.07) is 40.2. The minimum atomic E-state index is 0.0808. The monoisotopic (exact) mass is 623 g/mol. The van der Waals surface area contributed by atoms with E-state index in [2.05, 4.69) is 124 Å². The van der Waals surface area contributed by atoms with Crippen LogP contribution >= 0.6 is 0 Å². The van der Waals surface area contributed by atoms with Gasteiger partial charge in [0.1, 0.15) is 0 Å². The van der Waals surface area contributed by atoms with Gasteiger partial charge in [-0.2, -0.15) is 0 Å². The van der Waals surface area contributed by atoms with Gasteiger partial charge in [-0.1, -0.05) is 124 Å². The highest BCUT2D eigenvalue weighted by atomic mass is 15.0. The minimum Gasteiger partial charge on any atom is -0.208 e. The lowest BCUT2D eigenvalue weighted by Gasteiger charge is -2.61. The highest BCUT2D eigenvalue weighted by Gasteiger charge is 2.61. The Balaban J connectivity index is 1.18. The van der Waals surface area contributed by atoms with Crippen LogP contribution in [0, 0.1) is 23.7 Å². The standard InChI is InChI=1S/C45H41N3/c1-44(2,3)33-17-13-31(14-18-33)42-46-41(30-10-5-4-6-11-30)47-43(48-42)32-16-19-38-37(26-32)40-36-12-8-7-9-29(36)15-20-39(40)45(38)34-22-27-21-28(24-34)25-35(45)23-27/h4-20,26-28,34-35H,21-25H2,1-3H3. The molecule has 4 bridgehead atoms. The Bertz CT molecular complexity index is 2200. The maximum Gasteiger partial charge on any atom is 0.164 e. The van der Waals surface area contributed by atoms with Gasteiger partial charge in [0, 0.05) is 22.1 Å². The van der Waals surface area contributed by atoms with Crippen LogP contribution in [-0.2, 0) is 10.8 Å². The van der Waals surface area contributed by atoms with Gasteiger partial charge in [0.15, 0.2) is 17.5 Å². The van der Waals surface area contributed by atoms with Crippen molar-refractivity contribution in [2.75, 3.05) is 0 Å². The summed E-state index contributed by atoms with van der Waals surface area (Å²) in [6.07, 6.45) is 6.98. The van der Waals surface area contributed by atoms with Gasteiger partial charge >= 0.3 is 0 Å². The van der Waals surface area contributed by atoms with Crippen LogP contribution in [-0.4, -0.2) is 15.0 Å². The third-order valence-electron chi connectivity index (χ3n) is 12.5. The number of hydrogen-bond acceptors (Lipinski definition) is 3. The molecule has 1 aromatic heterocycles. The van der Waals surface area contributed by atoms with Crippen LogP contribution in [0.4, 0.5) is 0 Å². The quantitative estimate of drug-likeness (QED) is 0.197. The second kappa shape index (κ2) is 10.2. The first kappa shape index (κ1) is 28.4. The van der Waals surface area contributed by atoms with Gasteiger partial charge < -0.3 is 0 Å². The number of aromatic nitrogens is 3. The molecule has 48 heavy (non-hydrogen) atoms. The summed E-state index contributed by atoms with van der Waals surface area (Å²) < 4.78 is 0. The van der Waals surface area contributed by atoms with Gasteiger partial charge in [0.2, 0.25) is 0 Å². The second-order valence-corrected chi connectivity index (χ2v) is 16.1. The highest BCUT2D eigenvalue weighted by molar-refractivity contribution is 6.03. The molecule has 3 heteroatoms. The Hall–Kier alpha value is -4.63. The van der Waals surface area contributed by atoms with Crippen molar-refractivity contribution in [1.82, 2.24) is 15.0 Å². The summed E-state index contributed by atoms with van der Waals surface area (Å²) in [5, 5.41) is 2.69. The van der Waals surface area contributed by atoms with E-state index in [0.717, 1.165) is 46.2 Å². The van der Waals surface area contributed by atoms with Gasteiger partial charge in [-0.05, 0) is 106 Å². The normalized spacial score (nSPS) is 25.1. The molecule has 1 heterocycles. The molecule has 6 aromatic rings. The van der Waals surface area contributed by atoms with E-state index in [-0.39, 0.29) is 10.8 Å². The zero-order chi connectivity index (χ0) is 32.2. The van der Waals surface area contributed by atoms with E-state index in [1.54, 1.807) is 11.1 Å². The third kappa shape index (κ3) is 4.09. The van der Waals surface area contributed by atoms with Gasteiger partial charge in [0.05, 0.1) is 0 Å². The molecule has 5 aliphatic carbocycles. The Labute approximate surface area is 283 Å². The average Bonchev–Trinajstić information content (AvgIpc) is 3.41. The molecule has 4 saturated carbocycles. The maximum absolute atomic E-state index is 5.19. The molecule has 0 unspecified atom stereocenters. The summed E-state index contributed by atoms with van der Waals surface area (Å²) in [5.74, 6) is 5.44. The lowest BCUT2D eigenvalue weighted by Crippen LogP contribution is -2.55. The summed E-state index contributed by atoms with van der Waals surface area (Å²) in [6.45, 7) is 6.75. The Kier molecular flexibility index (Phi) is 6.02. The van der Waals surface area contributed by atoms with Gasteiger partial charge in [-0.3, -0.25) is 0 Å². The molecule has 11 rings (SSSR count). The Morgan fingerprint density at radius 2 is 1.10 bits per heavy atom. The summed E-state index contributed by atoms with van der Waals surface area (Å²) in [5.41, 5.74) is 10.5. The summed E-state index contributed by atoms with van der Waals surface area (Å²) in [7, 11) is 0. The van der Waals surface area contributed by atoms with Crippen molar-refractivity contribution in [3.63, 3.8) is 0 Å².